The second-order valence-corrected chi connectivity index (χ2v) is 14.6. The highest BCUT2D eigenvalue weighted by Gasteiger charge is 2.28. The lowest BCUT2D eigenvalue weighted by atomic mass is 9.86. The molecule has 52 heavy (non-hydrogen) atoms. The number of ketones is 1. The lowest BCUT2D eigenvalue weighted by molar-refractivity contribution is -0.141. The van der Waals surface area contributed by atoms with Gasteiger partial charge >= 0.3 is 12.1 Å². The Morgan fingerprint density at radius 3 is 2.25 bits per heavy atom. The Kier molecular flexibility index (Phi) is 13.5. The van der Waals surface area contributed by atoms with Gasteiger partial charge in [0.15, 0.2) is 5.78 Å². The molecule has 276 valence electrons. The van der Waals surface area contributed by atoms with E-state index in [1.54, 1.807) is 39.1 Å². The topological polar surface area (TPSA) is 135 Å². The number of ether oxygens (including phenoxy) is 2. The van der Waals surface area contributed by atoms with E-state index in [-0.39, 0.29) is 49.2 Å². The van der Waals surface area contributed by atoms with Crippen LogP contribution < -0.4 is 10.2 Å². The Morgan fingerprint density at radius 2 is 1.62 bits per heavy atom. The highest BCUT2D eigenvalue weighted by Crippen LogP contribution is 2.35. The maximum Gasteiger partial charge on any atom is 0.416 e. The number of pyridine rings is 1. The second kappa shape index (κ2) is 17.8. The molecule has 3 aromatic carbocycles. The number of carbonyl (C=O) groups excluding carboxylic acids is 4. The molecule has 1 heterocycles. The number of phenolic OH excluding ortho intramolecular Hbond substituents is 1. The van der Waals surface area contributed by atoms with Crippen molar-refractivity contribution in [3.05, 3.63) is 90.1 Å². The largest absolute Gasteiger partial charge is 0.507 e. The van der Waals surface area contributed by atoms with Gasteiger partial charge in [-0.15, -0.1) is 0 Å². The van der Waals surface area contributed by atoms with Crippen molar-refractivity contribution >= 4 is 40.3 Å². The van der Waals surface area contributed by atoms with E-state index in [2.05, 4.69) is 10.3 Å². The molecule has 2 amide bonds. The number of aromatic hydroxyl groups is 1. The predicted molar refractivity (Wildman–Crippen MR) is 203 cm³/mol. The standard InChI is InChI=1S/C42H51N3O7/c1-27(2)23-35(44-39(48)13-10-22-45(41(50)52-42(4,5)6)38-24-28(3)20-21-43-38)37(47)25-31(26-40(49)51-7)29-14-16-30(17-15-29)32-18-19-36(46)34-12-9-8-11-33(32)34/h8-9,11-12,14-21,24,27,31,35,46H,10,13,22-23,25-26H2,1-7H3,(H,44,48)/t31-,35-/m0/s1. The highest BCUT2D eigenvalue weighted by molar-refractivity contribution is 6.00. The number of carbonyl (C=O) groups is 4. The number of esters is 1. The van der Waals surface area contributed by atoms with Crippen LogP contribution in [0.15, 0.2) is 79.0 Å². The van der Waals surface area contributed by atoms with E-state index in [9.17, 15) is 24.3 Å². The molecular formula is C42H51N3O7. The maximum absolute atomic E-state index is 13.9. The van der Waals surface area contributed by atoms with Gasteiger partial charge in [-0.2, -0.15) is 0 Å². The third kappa shape index (κ3) is 11.1. The summed E-state index contributed by atoms with van der Waals surface area (Å²) in [4.78, 5) is 58.5. The summed E-state index contributed by atoms with van der Waals surface area (Å²) in [6.07, 6.45) is 1.91. The fraction of sp³-hybridized carbons (Fsp3) is 0.405. The number of anilines is 1. The molecule has 2 N–H and O–H groups in total. The number of fused-ring (bicyclic) bond motifs is 1. The van der Waals surface area contributed by atoms with Gasteiger partial charge in [-0.25, -0.2) is 9.78 Å². The summed E-state index contributed by atoms with van der Waals surface area (Å²) in [5, 5.41) is 15.0. The molecule has 0 aliphatic rings. The van der Waals surface area contributed by atoms with E-state index in [1.807, 2.05) is 81.4 Å². The summed E-state index contributed by atoms with van der Waals surface area (Å²) in [7, 11) is 1.32. The van der Waals surface area contributed by atoms with Crippen molar-refractivity contribution in [2.75, 3.05) is 18.6 Å². The van der Waals surface area contributed by atoms with Gasteiger partial charge in [-0.05, 0) is 92.3 Å². The highest BCUT2D eigenvalue weighted by atomic mass is 16.6. The molecule has 0 radical (unpaired) electrons. The minimum atomic E-state index is -0.754. The van der Waals surface area contributed by atoms with E-state index in [0.29, 0.717) is 18.7 Å². The number of aromatic nitrogens is 1. The first-order valence-corrected chi connectivity index (χ1v) is 17.8. The van der Waals surface area contributed by atoms with Crippen LogP contribution in [0.5, 0.6) is 5.75 Å². The molecule has 2 atom stereocenters. The molecule has 0 aliphatic heterocycles. The van der Waals surface area contributed by atoms with Crippen molar-refractivity contribution < 1.29 is 33.8 Å². The molecule has 4 aromatic rings. The van der Waals surface area contributed by atoms with Gasteiger partial charge < -0.3 is 19.9 Å². The van der Waals surface area contributed by atoms with Crippen LogP contribution in [0.4, 0.5) is 10.6 Å². The van der Waals surface area contributed by atoms with Crippen LogP contribution in [0.3, 0.4) is 0 Å². The fourth-order valence-corrected chi connectivity index (χ4v) is 6.14. The Bertz CT molecular complexity index is 1860. The van der Waals surface area contributed by atoms with Crippen LogP contribution in [0.2, 0.25) is 0 Å². The molecular weight excluding hydrogens is 658 g/mol. The monoisotopic (exact) mass is 709 g/mol. The summed E-state index contributed by atoms with van der Waals surface area (Å²) in [6, 6.07) is 21.8. The van der Waals surface area contributed by atoms with Crippen LogP contribution in [0.25, 0.3) is 21.9 Å². The number of nitrogens with one attached hydrogen (secondary N) is 1. The third-order valence-corrected chi connectivity index (χ3v) is 8.69. The minimum Gasteiger partial charge on any atom is -0.507 e. The molecule has 4 rings (SSSR count). The van der Waals surface area contributed by atoms with E-state index in [4.69, 9.17) is 9.47 Å². The molecule has 0 saturated carbocycles. The maximum atomic E-state index is 13.9. The molecule has 0 bridgehead atoms. The predicted octanol–water partition coefficient (Wildman–Crippen LogP) is 8.27. The molecule has 0 aliphatic carbocycles. The van der Waals surface area contributed by atoms with Crippen molar-refractivity contribution in [1.82, 2.24) is 10.3 Å². The summed E-state index contributed by atoms with van der Waals surface area (Å²) in [5.74, 6) is -0.640. The number of Topliss-reactive ketones (excluding diaryl/α,β-unsaturated/α-hetero) is 1. The SMILES string of the molecule is COC(=O)C[C@H](CC(=O)[C@H](CC(C)C)NC(=O)CCCN(C(=O)OC(C)(C)C)c1cc(C)ccn1)c1ccc(-c2ccc(O)c3ccccc23)cc1. The zero-order valence-corrected chi connectivity index (χ0v) is 31.3. The Morgan fingerprint density at radius 1 is 0.923 bits per heavy atom. The molecule has 1 aromatic heterocycles. The number of methoxy groups -OCH3 is 1. The molecule has 10 nitrogen and oxygen atoms in total. The first-order valence-electron chi connectivity index (χ1n) is 17.8. The van der Waals surface area contributed by atoms with Gasteiger partial charge in [-0.3, -0.25) is 19.3 Å². The first kappa shape index (κ1) is 39.5. The second-order valence-electron chi connectivity index (χ2n) is 14.6. The van der Waals surface area contributed by atoms with Crippen molar-refractivity contribution in [3.63, 3.8) is 0 Å². The van der Waals surface area contributed by atoms with E-state index < -0.39 is 29.6 Å². The Hall–Kier alpha value is -5.25. The van der Waals surface area contributed by atoms with Gasteiger partial charge in [0.1, 0.15) is 17.2 Å². The van der Waals surface area contributed by atoms with Gasteiger partial charge in [-0.1, -0.05) is 68.4 Å². The summed E-state index contributed by atoms with van der Waals surface area (Å²) in [5.41, 5.74) is 2.89. The summed E-state index contributed by atoms with van der Waals surface area (Å²) >= 11 is 0. The zero-order valence-electron chi connectivity index (χ0n) is 31.3. The first-order chi connectivity index (χ1) is 24.6. The molecule has 0 spiro atoms. The number of hydrogen-bond acceptors (Lipinski definition) is 8. The van der Waals surface area contributed by atoms with Crippen LogP contribution in [0.1, 0.15) is 83.8 Å². The van der Waals surface area contributed by atoms with E-state index in [1.165, 1.54) is 12.0 Å². The number of nitrogens with zero attached hydrogens (tertiary/aromatic N) is 2. The average Bonchev–Trinajstić information content (AvgIpc) is 3.09. The summed E-state index contributed by atoms with van der Waals surface area (Å²) < 4.78 is 10.6. The smallest absolute Gasteiger partial charge is 0.416 e. The van der Waals surface area contributed by atoms with Crippen LogP contribution >= 0.6 is 0 Å². The van der Waals surface area contributed by atoms with E-state index in [0.717, 1.165) is 33.0 Å². The number of amides is 2. The lowest BCUT2D eigenvalue weighted by Crippen LogP contribution is -2.43. The Balaban J connectivity index is 1.47. The number of phenols is 1. The molecule has 10 heteroatoms. The number of benzene rings is 3. The van der Waals surface area contributed by atoms with Gasteiger partial charge in [0, 0.05) is 36.9 Å². The fourth-order valence-electron chi connectivity index (χ4n) is 6.14. The third-order valence-electron chi connectivity index (χ3n) is 8.69. The van der Waals surface area contributed by atoms with Crippen molar-refractivity contribution in [1.29, 1.82) is 0 Å². The average molecular weight is 710 g/mol. The van der Waals surface area contributed by atoms with Crippen molar-refractivity contribution in [2.24, 2.45) is 5.92 Å². The van der Waals surface area contributed by atoms with Gasteiger partial charge in [0.2, 0.25) is 5.91 Å². The quantitative estimate of drug-likeness (QED) is 0.118. The zero-order chi connectivity index (χ0) is 38.0. The lowest BCUT2D eigenvalue weighted by Gasteiger charge is -2.27. The molecule has 0 unspecified atom stereocenters. The normalized spacial score (nSPS) is 12.6. The van der Waals surface area contributed by atoms with Gasteiger partial charge in [0.05, 0.1) is 19.6 Å². The van der Waals surface area contributed by atoms with Crippen LogP contribution in [-0.2, 0) is 23.9 Å². The van der Waals surface area contributed by atoms with Crippen LogP contribution in [0, 0.1) is 12.8 Å². The minimum absolute atomic E-state index is 0.000429. The molecule has 0 saturated heterocycles. The number of hydrogen-bond donors (Lipinski definition) is 2. The van der Waals surface area contributed by atoms with Crippen molar-refractivity contribution in [2.45, 2.75) is 91.2 Å². The summed E-state index contributed by atoms with van der Waals surface area (Å²) in [6.45, 7) is 11.4. The van der Waals surface area contributed by atoms with Gasteiger partial charge in [0.25, 0.3) is 0 Å². The number of rotatable bonds is 15. The Labute approximate surface area is 306 Å². The van der Waals surface area contributed by atoms with Crippen molar-refractivity contribution in [3.8, 4) is 16.9 Å². The molecule has 0 fully saturated rings. The van der Waals surface area contributed by atoms with Crippen LogP contribution in [-0.4, -0.2) is 59.1 Å². The van der Waals surface area contributed by atoms with E-state index >= 15 is 0 Å². The number of aryl methyl sites for hydroxylation is 1.